The van der Waals surface area contributed by atoms with Crippen molar-refractivity contribution in [2.24, 2.45) is 0 Å². The molecule has 0 aliphatic carbocycles. The molecule has 0 aromatic heterocycles. The summed E-state index contributed by atoms with van der Waals surface area (Å²) in [5, 5.41) is 0. The number of amides is 1. The molecule has 1 fully saturated rings. The number of nitrogens with zero attached hydrogens (tertiary/aromatic N) is 1. The first-order valence-electron chi connectivity index (χ1n) is 7.98. The lowest BCUT2D eigenvalue weighted by Crippen LogP contribution is -2.42. The fraction of sp³-hybridized carbons (Fsp3) is 0.316. The second kappa shape index (κ2) is 7.68. The van der Waals surface area contributed by atoms with E-state index in [0.29, 0.717) is 19.7 Å². The first-order chi connectivity index (χ1) is 11.3. The highest BCUT2D eigenvalue weighted by atomic mass is 16.6. The number of carbonyl (C=O) groups excluding carboxylic acids is 1. The number of likely N-dealkylation sites (tertiary alicyclic amines) is 1. The molecule has 1 aliphatic heterocycles. The van der Waals surface area contributed by atoms with E-state index in [1.807, 2.05) is 60.7 Å². The van der Waals surface area contributed by atoms with Gasteiger partial charge in [-0.3, -0.25) is 0 Å². The first kappa shape index (κ1) is 15.4. The van der Waals surface area contributed by atoms with Crippen LogP contribution in [0.4, 0.5) is 4.79 Å². The molecule has 0 saturated carbocycles. The second-order valence-electron chi connectivity index (χ2n) is 5.66. The molecule has 1 aliphatic rings. The molecule has 0 spiro atoms. The van der Waals surface area contributed by atoms with Gasteiger partial charge in [-0.2, -0.15) is 0 Å². The summed E-state index contributed by atoms with van der Waals surface area (Å²) in [5.74, 6) is 0.887. The van der Waals surface area contributed by atoms with Crippen LogP contribution >= 0.6 is 0 Å². The highest BCUT2D eigenvalue weighted by Crippen LogP contribution is 2.19. The number of piperidine rings is 1. The molecule has 0 N–H and O–H groups in total. The maximum Gasteiger partial charge on any atom is 0.410 e. The van der Waals surface area contributed by atoms with Gasteiger partial charge in [0.2, 0.25) is 0 Å². The highest BCUT2D eigenvalue weighted by Gasteiger charge is 2.24. The minimum atomic E-state index is -0.244. The topological polar surface area (TPSA) is 38.8 Å². The Morgan fingerprint density at radius 3 is 2.22 bits per heavy atom. The molecule has 23 heavy (non-hydrogen) atoms. The third-order valence-corrected chi connectivity index (χ3v) is 3.95. The molecule has 2 aromatic rings. The van der Waals surface area contributed by atoms with E-state index in [-0.39, 0.29) is 12.2 Å². The summed E-state index contributed by atoms with van der Waals surface area (Å²) in [6.45, 7) is 1.66. The summed E-state index contributed by atoms with van der Waals surface area (Å²) < 4.78 is 11.3. The van der Waals surface area contributed by atoms with Crippen molar-refractivity contribution >= 4 is 6.09 Å². The lowest BCUT2D eigenvalue weighted by atomic mass is 10.1. The van der Waals surface area contributed by atoms with Crippen LogP contribution < -0.4 is 4.74 Å². The Hall–Kier alpha value is -2.49. The average molecular weight is 311 g/mol. The van der Waals surface area contributed by atoms with Gasteiger partial charge in [0, 0.05) is 25.9 Å². The van der Waals surface area contributed by atoms with E-state index < -0.39 is 0 Å². The zero-order chi connectivity index (χ0) is 15.9. The SMILES string of the molecule is O=C(OCc1ccccc1)N1CCC(Oc2ccccc2)CC1. The predicted octanol–water partition coefficient (Wildman–Crippen LogP) is 3.87. The summed E-state index contributed by atoms with van der Waals surface area (Å²) in [5.41, 5.74) is 1.00. The smallest absolute Gasteiger partial charge is 0.410 e. The Labute approximate surface area is 136 Å². The van der Waals surface area contributed by atoms with Crippen molar-refractivity contribution in [3.63, 3.8) is 0 Å². The third kappa shape index (κ3) is 4.49. The molecule has 0 atom stereocenters. The van der Waals surface area contributed by atoms with E-state index >= 15 is 0 Å². The Morgan fingerprint density at radius 2 is 1.57 bits per heavy atom. The minimum Gasteiger partial charge on any atom is -0.490 e. The van der Waals surface area contributed by atoms with E-state index in [4.69, 9.17) is 9.47 Å². The van der Waals surface area contributed by atoms with Crippen molar-refractivity contribution in [3.8, 4) is 5.75 Å². The van der Waals surface area contributed by atoms with Gasteiger partial charge in [0.25, 0.3) is 0 Å². The van der Waals surface area contributed by atoms with Gasteiger partial charge in [-0.15, -0.1) is 0 Å². The van der Waals surface area contributed by atoms with Crippen LogP contribution in [0.3, 0.4) is 0 Å². The monoisotopic (exact) mass is 311 g/mol. The van der Waals surface area contributed by atoms with Crippen LogP contribution in [-0.2, 0) is 11.3 Å². The molecular weight excluding hydrogens is 290 g/mol. The summed E-state index contributed by atoms with van der Waals surface area (Å²) in [4.78, 5) is 13.9. The molecule has 0 radical (unpaired) electrons. The van der Waals surface area contributed by atoms with Crippen molar-refractivity contribution in [1.29, 1.82) is 0 Å². The van der Waals surface area contributed by atoms with Crippen molar-refractivity contribution in [3.05, 3.63) is 66.2 Å². The molecule has 4 heteroatoms. The number of para-hydroxylation sites is 1. The highest BCUT2D eigenvalue weighted by molar-refractivity contribution is 5.67. The number of rotatable bonds is 4. The van der Waals surface area contributed by atoms with Crippen LogP contribution in [-0.4, -0.2) is 30.2 Å². The van der Waals surface area contributed by atoms with Gasteiger partial charge < -0.3 is 14.4 Å². The zero-order valence-electron chi connectivity index (χ0n) is 13.1. The quantitative estimate of drug-likeness (QED) is 0.860. The third-order valence-electron chi connectivity index (χ3n) is 3.95. The summed E-state index contributed by atoms with van der Waals surface area (Å²) in [6.07, 6.45) is 1.58. The van der Waals surface area contributed by atoms with Gasteiger partial charge in [0.1, 0.15) is 18.5 Å². The molecule has 1 saturated heterocycles. The fourth-order valence-electron chi connectivity index (χ4n) is 2.66. The number of hydrogen-bond donors (Lipinski definition) is 0. The van der Waals surface area contributed by atoms with Gasteiger partial charge in [-0.05, 0) is 17.7 Å². The van der Waals surface area contributed by atoms with Crippen molar-refractivity contribution in [1.82, 2.24) is 4.90 Å². The van der Waals surface area contributed by atoms with Crippen LogP contribution in [0, 0.1) is 0 Å². The van der Waals surface area contributed by atoms with E-state index in [9.17, 15) is 4.79 Å². The molecule has 1 heterocycles. The number of carbonyl (C=O) groups is 1. The van der Waals surface area contributed by atoms with Gasteiger partial charge in [0.15, 0.2) is 0 Å². The first-order valence-corrected chi connectivity index (χ1v) is 7.98. The lowest BCUT2D eigenvalue weighted by molar-refractivity contribution is 0.0638. The molecule has 2 aromatic carbocycles. The second-order valence-corrected chi connectivity index (χ2v) is 5.66. The normalized spacial score (nSPS) is 15.2. The molecule has 4 nitrogen and oxygen atoms in total. The van der Waals surface area contributed by atoms with Gasteiger partial charge in [-0.25, -0.2) is 4.79 Å². The maximum absolute atomic E-state index is 12.1. The predicted molar refractivity (Wildman–Crippen MR) is 88.3 cm³/mol. The Morgan fingerprint density at radius 1 is 0.957 bits per heavy atom. The molecule has 0 bridgehead atoms. The van der Waals surface area contributed by atoms with Crippen molar-refractivity contribution in [2.75, 3.05) is 13.1 Å². The summed E-state index contributed by atoms with van der Waals surface area (Å²) in [6, 6.07) is 19.5. The van der Waals surface area contributed by atoms with E-state index in [1.54, 1.807) is 4.90 Å². The Balaban J connectivity index is 1.42. The van der Waals surface area contributed by atoms with E-state index in [2.05, 4.69) is 0 Å². The molecule has 3 rings (SSSR count). The van der Waals surface area contributed by atoms with Crippen LogP contribution in [0.2, 0.25) is 0 Å². The molecule has 1 amide bonds. The maximum atomic E-state index is 12.1. The van der Waals surface area contributed by atoms with Crippen molar-refractivity contribution < 1.29 is 14.3 Å². The Kier molecular flexibility index (Phi) is 5.14. The standard InChI is InChI=1S/C19H21NO3/c21-19(22-15-16-7-3-1-4-8-16)20-13-11-18(12-14-20)23-17-9-5-2-6-10-17/h1-10,18H,11-15H2. The van der Waals surface area contributed by atoms with E-state index in [1.165, 1.54) is 0 Å². The van der Waals surface area contributed by atoms with Crippen molar-refractivity contribution in [2.45, 2.75) is 25.6 Å². The van der Waals surface area contributed by atoms with E-state index in [0.717, 1.165) is 24.2 Å². The fourth-order valence-corrected chi connectivity index (χ4v) is 2.66. The molecular formula is C19H21NO3. The zero-order valence-corrected chi connectivity index (χ0v) is 13.1. The Bertz CT molecular complexity index is 607. The summed E-state index contributed by atoms with van der Waals surface area (Å²) in [7, 11) is 0. The minimum absolute atomic E-state index is 0.163. The van der Waals surface area contributed by atoms with Gasteiger partial charge >= 0.3 is 6.09 Å². The largest absolute Gasteiger partial charge is 0.490 e. The average Bonchev–Trinajstić information content (AvgIpc) is 2.62. The number of benzene rings is 2. The number of ether oxygens (including phenoxy) is 2. The van der Waals surface area contributed by atoms with Crippen LogP contribution in [0.5, 0.6) is 5.75 Å². The van der Waals surface area contributed by atoms with Gasteiger partial charge in [0.05, 0.1) is 0 Å². The number of hydrogen-bond acceptors (Lipinski definition) is 3. The molecule has 0 unspecified atom stereocenters. The lowest BCUT2D eigenvalue weighted by Gasteiger charge is -2.31. The van der Waals surface area contributed by atoms with Crippen LogP contribution in [0.1, 0.15) is 18.4 Å². The van der Waals surface area contributed by atoms with Gasteiger partial charge in [-0.1, -0.05) is 48.5 Å². The van der Waals surface area contributed by atoms with Crippen LogP contribution in [0.25, 0.3) is 0 Å². The molecule has 120 valence electrons. The summed E-state index contributed by atoms with van der Waals surface area (Å²) >= 11 is 0. The van der Waals surface area contributed by atoms with Crippen LogP contribution in [0.15, 0.2) is 60.7 Å².